The van der Waals surface area contributed by atoms with Crippen molar-refractivity contribution in [3.8, 4) is 5.88 Å². The summed E-state index contributed by atoms with van der Waals surface area (Å²) in [5.41, 5.74) is 1.14. The molecule has 1 saturated heterocycles. The molecular weight excluding hydrogens is 204 g/mol. The topological polar surface area (TPSA) is 43.4 Å². The molecule has 1 aliphatic heterocycles. The molecule has 0 aliphatic carbocycles. The molecule has 2 rings (SSSR count). The molecular formula is C12H18N2O2. The number of hydrogen-bond donors (Lipinski definition) is 1. The number of aryl methyl sites for hydroxylation is 1. The van der Waals surface area contributed by atoms with E-state index in [-0.39, 0.29) is 12.2 Å². The van der Waals surface area contributed by atoms with E-state index >= 15 is 0 Å². The predicted octanol–water partition coefficient (Wildman–Crippen LogP) is 1.15. The minimum Gasteiger partial charge on any atom is -0.475 e. The highest BCUT2D eigenvalue weighted by molar-refractivity contribution is 5.16. The minimum atomic E-state index is 0.117. The monoisotopic (exact) mass is 222 g/mol. The average molecular weight is 222 g/mol. The van der Waals surface area contributed by atoms with Crippen LogP contribution in [0.1, 0.15) is 12.5 Å². The highest BCUT2D eigenvalue weighted by Crippen LogP contribution is 2.09. The molecule has 0 radical (unpaired) electrons. The highest BCUT2D eigenvalue weighted by Gasteiger charge is 2.19. The molecule has 0 amide bonds. The van der Waals surface area contributed by atoms with Crippen LogP contribution >= 0.6 is 0 Å². The van der Waals surface area contributed by atoms with Crippen LogP contribution in [-0.4, -0.2) is 36.9 Å². The van der Waals surface area contributed by atoms with Crippen molar-refractivity contribution in [2.45, 2.75) is 26.1 Å². The van der Waals surface area contributed by atoms with Gasteiger partial charge in [0.15, 0.2) is 0 Å². The van der Waals surface area contributed by atoms with Crippen LogP contribution in [0.25, 0.3) is 0 Å². The smallest absolute Gasteiger partial charge is 0.213 e. The second-order valence-corrected chi connectivity index (χ2v) is 4.21. The molecule has 1 N–H and O–H groups in total. The van der Waals surface area contributed by atoms with Crippen LogP contribution in [-0.2, 0) is 4.74 Å². The zero-order valence-electron chi connectivity index (χ0n) is 9.77. The number of rotatable bonds is 3. The van der Waals surface area contributed by atoms with Crippen LogP contribution in [0.15, 0.2) is 18.3 Å². The fraction of sp³-hybridized carbons (Fsp3) is 0.583. The van der Waals surface area contributed by atoms with Crippen molar-refractivity contribution in [1.82, 2.24) is 10.3 Å². The fourth-order valence-electron chi connectivity index (χ4n) is 1.69. The number of pyridine rings is 1. The highest BCUT2D eigenvalue weighted by atomic mass is 16.5. The summed E-state index contributed by atoms with van der Waals surface area (Å²) in [4.78, 5) is 4.18. The van der Waals surface area contributed by atoms with E-state index in [0.29, 0.717) is 12.5 Å². The molecule has 1 fully saturated rings. The number of hydrogen-bond acceptors (Lipinski definition) is 4. The summed E-state index contributed by atoms with van der Waals surface area (Å²) in [6.45, 7) is 6.37. The average Bonchev–Trinajstić information content (AvgIpc) is 2.28. The van der Waals surface area contributed by atoms with E-state index in [1.807, 2.05) is 19.1 Å². The minimum absolute atomic E-state index is 0.117. The largest absolute Gasteiger partial charge is 0.475 e. The van der Waals surface area contributed by atoms with Crippen molar-refractivity contribution in [2.24, 2.45) is 0 Å². The lowest BCUT2D eigenvalue weighted by molar-refractivity contribution is -0.0476. The van der Waals surface area contributed by atoms with Crippen molar-refractivity contribution in [2.75, 3.05) is 19.7 Å². The van der Waals surface area contributed by atoms with Crippen molar-refractivity contribution >= 4 is 0 Å². The number of ether oxygens (including phenoxy) is 2. The van der Waals surface area contributed by atoms with Gasteiger partial charge in [-0.1, -0.05) is 6.07 Å². The third-order valence-electron chi connectivity index (χ3n) is 2.53. The van der Waals surface area contributed by atoms with Crippen molar-refractivity contribution < 1.29 is 9.47 Å². The van der Waals surface area contributed by atoms with Crippen LogP contribution in [0.5, 0.6) is 5.88 Å². The van der Waals surface area contributed by atoms with Gasteiger partial charge in [0.2, 0.25) is 5.88 Å². The van der Waals surface area contributed by atoms with Crippen LogP contribution in [0, 0.1) is 6.92 Å². The first-order chi connectivity index (χ1) is 7.74. The van der Waals surface area contributed by atoms with Crippen molar-refractivity contribution in [1.29, 1.82) is 0 Å². The number of aromatic nitrogens is 1. The standard InChI is InChI=1S/C12H18N2O2/c1-9-3-4-12(14-5-9)15-8-11-7-13-6-10(2)16-11/h3-5,10-11,13H,6-8H2,1-2H3. The van der Waals surface area contributed by atoms with Gasteiger partial charge in [-0.05, 0) is 19.4 Å². The van der Waals surface area contributed by atoms with Gasteiger partial charge in [-0.3, -0.25) is 0 Å². The third-order valence-corrected chi connectivity index (χ3v) is 2.53. The Hall–Kier alpha value is -1.13. The Balaban J connectivity index is 1.80. The van der Waals surface area contributed by atoms with E-state index in [2.05, 4.69) is 17.2 Å². The predicted molar refractivity (Wildman–Crippen MR) is 61.7 cm³/mol. The van der Waals surface area contributed by atoms with Crippen LogP contribution in [0.4, 0.5) is 0 Å². The molecule has 16 heavy (non-hydrogen) atoms. The van der Waals surface area contributed by atoms with Crippen LogP contribution < -0.4 is 10.1 Å². The van der Waals surface area contributed by atoms with E-state index in [4.69, 9.17) is 9.47 Å². The second kappa shape index (κ2) is 5.27. The zero-order chi connectivity index (χ0) is 11.4. The van der Waals surface area contributed by atoms with E-state index < -0.39 is 0 Å². The molecule has 0 aromatic carbocycles. The molecule has 2 heterocycles. The molecule has 0 bridgehead atoms. The number of nitrogens with zero attached hydrogens (tertiary/aromatic N) is 1. The number of nitrogens with one attached hydrogen (secondary N) is 1. The quantitative estimate of drug-likeness (QED) is 0.833. The van der Waals surface area contributed by atoms with Gasteiger partial charge >= 0.3 is 0 Å². The molecule has 0 spiro atoms. The van der Waals surface area contributed by atoms with Gasteiger partial charge in [0.25, 0.3) is 0 Å². The summed E-state index contributed by atoms with van der Waals surface area (Å²) in [6, 6.07) is 3.87. The molecule has 1 aliphatic rings. The summed E-state index contributed by atoms with van der Waals surface area (Å²) < 4.78 is 11.3. The molecule has 88 valence electrons. The molecule has 2 unspecified atom stereocenters. The second-order valence-electron chi connectivity index (χ2n) is 4.21. The maximum Gasteiger partial charge on any atom is 0.213 e. The SMILES string of the molecule is Cc1ccc(OCC2CNCC(C)O2)nc1. The van der Waals surface area contributed by atoms with Gasteiger partial charge in [0.05, 0.1) is 6.10 Å². The van der Waals surface area contributed by atoms with Crippen molar-refractivity contribution in [3.63, 3.8) is 0 Å². The zero-order valence-corrected chi connectivity index (χ0v) is 9.77. The van der Waals surface area contributed by atoms with Gasteiger partial charge in [0.1, 0.15) is 12.7 Å². The van der Waals surface area contributed by atoms with E-state index in [9.17, 15) is 0 Å². The van der Waals surface area contributed by atoms with Gasteiger partial charge in [0, 0.05) is 25.4 Å². The first-order valence-corrected chi connectivity index (χ1v) is 5.65. The normalized spacial score (nSPS) is 25.4. The Morgan fingerprint density at radius 1 is 1.50 bits per heavy atom. The summed E-state index contributed by atoms with van der Waals surface area (Å²) >= 11 is 0. The Morgan fingerprint density at radius 2 is 2.38 bits per heavy atom. The Bertz CT molecular complexity index is 326. The summed E-state index contributed by atoms with van der Waals surface area (Å²) in [5.74, 6) is 0.660. The first kappa shape index (κ1) is 11.4. The molecule has 2 atom stereocenters. The molecule has 4 heteroatoms. The lowest BCUT2D eigenvalue weighted by Crippen LogP contribution is -2.45. The Labute approximate surface area is 96.0 Å². The molecule has 0 saturated carbocycles. The van der Waals surface area contributed by atoms with Gasteiger partial charge in [-0.15, -0.1) is 0 Å². The van der Waals surface area contributed by atoms with E-state index in [1.54, 1.807) is 6.20 Å². The van der Waals surface area contributed by atoms with Gasteiger partial charge in [-0.2, -0.15) is 0 Å². The maximum absolute atomic E-state index is 5.72. The summed E-state index contributed by atoms with van der Waals surface area (Å²) in [5, 5.41) is 3.30. The number of morpholine rings is 1. The Morgan fingerprint density at radius 3 is 3.06 bits per heavy atom. The fourth-order valence-corrected chi connectivity index (χ4v) is 1.69. The third kappa shape index (κ3) is 3.18. The lowest BCUT2D eigenvalue weighted by Gasteiger charge is -2.28. The molecule has 4 nitrogen and oxygen atoms in total. The van der Waals surface area contributed by atoms with E-state index in [1.165, 1.54) is 0 Å². The maximum atomic E-state index is 5.72. The molecule has 1 aromatic heterocycles. The van der Waals surface area contributed by atoms with Gasteiger partial charge < -0.3 is 14.8 Å². The lowest BCUT2D eigenvalue weighted by atomic mass is 10.2. The van der Waals surface area contributed by atoms with Crippen LogP contribution in [0.2, 0.25) is 0 Å². The Kier molecular flexibility index (Phi) is 3.74. The van der Waals surface area contributed by atoms with Crippen molar-refractivity contribution in [3.05, 3.63) is 23.9 Å². The molecule has 1 aromatic rings. The first-order valence-electron chi connectivity index (χ1n) is 5.65. The van der Waals surface area contributed by atoms with Crippen LogP contribution in [0.3, 0.4) is 0 Å². The van der Waals surface area contributed by atoms with Gasteiger partial charge in [-0.25, -0.2) is 4.98 Å². The summed E-state index contributed by atoms with van der Waals surface area (Å²) in [7, 11) is 0. The van der Waals surface area contributed by atoms with E-state index in [0.717, 1.165) is 18.7 Å². The summed E-state index contributed by atoms with van der Waals surface area (Å²) in [6.07, 6.45) is 2.18.